The molecule has 6 heteroatoms. The molecule has 0 fully saturated rings. The van der Waals surface area contributed by atoms with E-state index in [1.54, 1.807) is 10.9 Å². The van der Waals surface area contributed by atoms with Crippen molar-refractivity contribution in [2.24, 2.45) is 5.41 Å². The van der Waals surface area contributed by atoms with E-state index in [1.165, 1.54) is 0 Å². The van der Waals surface area contributed by atoms with Crippen LogP contribution in [-0.4, -0.2) is 33.4 Å². The number of amides is 1. The van der Waals surface area contributed by atoms with Crippen LogP contribution in [0.25, 0.3) is 5.69 Å². The van der Waals surface area contributed by atoms with Gasteiger partial charge < -0.3 is 10.4 Å². The smallest absolute Gasteiger partial charge is 0.255 e. The zero-order chi connectivity index (χ0) is 18.6. The van der Waals surface area contributed by atoms with Crippen molar-refractivity contribution < 1.29 is 9.90 Å². The van der Waals surface area contributed by atoms with Crippen molar-refractivity contribution in [3.8, 4) is 5.69 Å². The molecule has 0 saturated carbocycles. The number of aromatic nitrogens is 2. The number of aryl methyl sites for hydroxylation is 1. The highest BCUT2D eigenvalue weighted by atomic mass is 79.9. The lowest BCUT2D eigenvalue weighted by Crippen LogP contribution is -2.38. The molecule has 1 atom stereocenters. The summed E-state index contributed by atoms with van der Waals surface area (Å²) in [5.74, 6) is -0.200. The Labute approximate surface area is 157 Å². The van der Waals surface area contributed by atoms with Crippen LogP contribution in [0.15, 0.2) is 34.9 Å². The van der Waals surface area contributed by atoms with Gasteiger partial charge in [-0.15, -0.1) is 0 Å². The maximum absolute atomic E-state index is 12.6. The first-order chi connectivity index (χ1) is 11.7. The summed E-state index contributed by atoms with van der Waals surface area (Å²) < 4.78 is 2.68. The highest BCUT2D eigenvalue weighted by Crippen LogP contribution is 2.22. The molecule has 0 aliphatic rings. The quantitative estimate of drug-likeness (QED) is 0.763. The van der Waals surface area contributed by atoms with Crippen LogP contribution >= 0.6 is 15.9 Å². The highest BCUT2D eigenvalue weighted by molar-refractivity contribution is 9.10. The molecule has 2 aromatic rings. The van der Waals surface area contributed by atoms with E-state index in [0.29, 0.717) is 11.3 Å². The number of carbonyl (C=O) groups is 1. The molecule has 0 bridgehead atoms. The molecule has 0 spiro atoms. The summed E-state index contributed by atoms with van der Waals surface area (Å²) in [7, 11) is 0. The van der Waals surface area contributed by atoms with Gasteiger partial charge in [-0.1, -0.05) is 36.7 Å². The summed E-state index contributed by atoms with van der Waals surface area (Å²) in [4.78, 5) is 12.6. The van der Waals surface area contributed by atoms with Gasteiger partial charge in [0.2, 0.25) is 0 Å². The maximum Gasteiger partial charge on any atom is 0.255 e. The molecule has 1 heterocycles. The van der Waals surface area contributed by atoms with E-state index < -0.39 is 0 Å². The predicted octanol–water partition coefficient (Wildman–Crippen LogP) is 3.86. The Morgan fingerprint density at radius 2 is 1.96 bits per heavy atom. The lowest BCUT2D eigenvalue weighted by molar-refractivity contribution is 0.0907. The number of nitrogens with one attached hydrogen (secondary N) is 1. The molecule has 1 unspecified atom stereocenters. The monoisotopic (exact) mass is 407 g/mol. The van der Waals surface area contributed by atoms with Crippen molar-refractivity contribution in [3.05, 3.63) is 46.2 Å². The number of rotatable bonds is 6. The van der Waals surface area contributed by atoms with Crippen molar-refractivity contribution in [2.45, 2.75) is 46.6 Å². The van der Waals surface area contributed by atoms with Gasteiger partial charge in [0, 0.05) is 10.7 Å². The fourth-order valence-corrected chi connectivity index (χ4v) is 2.75. The topological polar surface area (TPSA) is 67.2 Å². The molecule has 2 N–H and O–H groups in total. The van der Waals surface area contributed by atoms with Gasteiger partial charge in [0.25, 0.3) is 5.91 Å². The minimum Gasteiger partial charge on any atom is -0.394 e. The average molecular weight is 408 g/mol. The molecule has 1 amide bonds. The second kappa shape index (κ2) is 8.15. The molecular formula is C19H26BrN3O2. The van der Waals surface area contributed by atoms with Crippen molar-refractivity contribution in [1.29, 1.82) is 0 Å². The summed E-state index contributed by atoms with van der Waals surface area (Å²) >= 11 is 3.41. The maximum atomic E-state index is 12.6. The molecule has 136 valence electrons. The number of aliphatic hydroxyl groups excluding tert-OH is 1. The SMILES string of the molecule is Cc1nn(-c2ccc(Br)cc2)cc1C(=O)NC(CO)CCC(C)(C)C. The molecule has 0 saturated heterocycles. The standard InChI is InChI=1S/C19H26BrN3O2/c1-13-17(11-23(22-13)16-7-5-14(20)6-8-16)18(25)21-15(12-24)9-10-19(2,3)4/h5-8,11,15,24H,9-10,12H2,1-4H3,(H,21,25). The fraction of sp³-hybridized carbons (Fsp3) is 0.474. The van der Waals surface area contributed by atoms with Crippen LogP contribution < -0.4 is 5.32 Å². The van der Waals surface area contributed by atoms with E-state index in [1.807, 2.05) is 31.2 Å². The first-order valence-electron chi connectivity index (χ1n) is 8.43. The normalized spacial score (nSPS) is 12.9. The third kappa shape index (κ3) is 5.68. The van der Waals surface area contributed by atoms with Crippen LogP contribution in [0.5, 0.6) is 0 Å². The summed E-state index contributed by atoms with van der Waals surface area (Å²) in [6.45, 7) is 8.19. The second-order valence-electron chi connectivity index (χ2n) is 7.50. The Balaban J connectivity index is 2.10. The molecule has 0 radical (unpaired) electrons. The van der Waals surface area contributed by atoms with E-state index in [4.69, 9.17) is 0 Å². The largest absolute Gasteiger partial charge is 0.394 e. The van der Waals surface area contributed by atoms with Gasteiger partial charge in [-0.3, -0.25) is 4.79 Å². The van der Waals surface area contributed by atoms with Crippen LogP contribution in [0.1, 0.15) is 49.7 Å². The van der Waals surface area contributed by atoms with Gasteiger partial charge in [-0.25, -0.2) is 4.68 Å². The van der Waals surface area contributed by atoms with Gasteiger partial charge in [0.1, 0.15) is 0 Å². The number of hydrogen-bond acceptors (Lipinski definition) is 3. The lowest BCUT2D eigenvalue weighted by atomic mass is 9.89. The summed E-state index contributed by atoms with van der Waals surface area (Å²) in [6.07, 6.45) is 3.40. The molecular weight excluding hydrogens is 382 g/mol. The third-order valence-corrected chi connectivity index (χ3v) is 4.56. The van der Waals surface area contributed by atoms with Crippen LogP contribution in [0.4, 0.5) is 0 Å². The van der Waals surface area contributed by atoms with Gasteiger partial charge in [-0.2, -0.15) is 5.10 Å². The van der Waals surface area contributed by atoms with Crippen molar-refractivity contribution >= 4 is 21.8 Å². The first-order valence-corrected chi connectivity index (χ1v) is 9.23. The number of carbonyl (C=O) groups excluding carboxylic acids is 1. The Hall–Kier alpha value is -1.66. The Kier molecular flexibility index (Phi) is 6.41. The minimum absolute atomic E-state index is 0.0677. The van der Waals surface area contributed by atoms with Crippen molar-refractivity contribution in [3.63, 3.8) is 0 Å². The van der Waals surface area contributed by atoms with Crippen molar-refractivity contribution in [2.75, 3.05) is 6.61 Å². The van der Waals surface area contributed by atoms with Crippen LogP contribution in [0.3, 0.4) is 0 Å². The zero-order valence-corrected chi connectivity index (χ0v) is 16.8. The van der Waals surface area contributed by atoms with Gasteiger partial charge in [0.05, 0.1) is 29.6 Å². The summed E-state index contributed by atoms with van der Waals surface area (Å²) in [5, 5.41) is 16.9. The van der Waals surface area contributed by atoms with Crippen molar-refractivity contribution in [1.82, 2.24) is 15.1 Å². The van der Waals surface area contributed by atoms with E-state index in [-0.39, 0.29) is 24.0 Å². The number of nitrogens with zero attached hydrogens (tertiary/aromatic N) is 2. The van der Waals surface area contributed by atoms with E-state index in [0.717, 1.165) is 23.0 Å². The molecule has 0 aliphatic carbocycles. The Morgan fingerprint density at radius 1 is 1.32 bits per heavy atom. The lowest BCUT2D eigenvalue weighted by Gasteiger charge is -2.22. The third-order valence-electron chi connectivity index (χ3n) is 4.03. The van der Waals surface area contributed by atoms with Gasteiger partial charge >= 0.3 is 0 Å². The molecule has 25 heavy (non-hydrogen) atoms. The summed E-state index contributed by atoms with van der Waals surface area (Å²) in [5.41, 5.74) is 2.24. The Bertz CT molecular complexity index is 717. The van der Waals surface area contributed by atoms with Crippen LogP contribution in [0, 0.1) is 12.3 Å². The minimum atomic E-state index is -0.248. The van der Waals surface area contributed by atoms with Crippen LogP contribution in [0.2, 0.25) is 0 Å². The molecule has 5 nitrogen and oxygen atoms in total. The highest BCUT2D eigenvalue weighted by Gasteiger charge is 2.20. The van der Waals surface area contributed by atoms with E-state index >= 15 is 0 Å². The molecule has 1 aromatic heterocycles. The number of halogens is 1. The van der Waals surface area contributed by atoms with E-state index in [9.17, 15) is 9.90 Å². The average Bonchev–Trinajstić information content (AvgIpc) is 2.93. The molecule has 0 aliphatic heterocycles. The second-order valence-corrected chi connectivity index (χ2v) is 8.42. The molecule has 1 aromatic carbocycles. The molecule has 2 rings (SSSR count). The number of hydrogen-bond donors (Lipinski definition) is 2. The predicted molar refractivity (Wildman–Crippen MR) is 103 cm³/mol. The number of aliphatic hydroxyl groups is 1. The number of benzene rings is 1. The van der Waals surface area contributed by atoms with Gasteiger partial charge in [-0.05, 0) is 49.4 Å². The van der Waals surface area contributed by atoms with E-state index in [2.05, 4.69) is 47.1 Å². The summed E-state index contributed by atoms with van der Waals surface area (Å²) in [6, 6.07) is 7.47. The Morgan fingerprint density at radius 3 is 2.52 bits per heavy atom. The van der Waals surface area contributed by atoms with Crippen LogP contribution in [-0.2, 0) is 0 Å². The first kappa shape index (κ1) is 19.7. The fourth-order valence-electron chi connectivity index (χ4n) is 2.49. The zero-order valence-electron chi connectivity index (χ0n) is 15.2. The van der Waals surface area contributed by atoms with Gasteiger partial charge in [0.15, 0.2) is 0 Å².